The van der Waals surface area contributed by atoms with Gasteiger partial charge >= 0.3 is 0 Å². The van der Waals surface area contributed by atoms with E-state index in [2.05, 4.69) is 21.2 Å². The summed E-state index contributed by atoms with van der Waals surface area (Å²) in [5.41, 5.74) is 0.828. The van der Waals surface area contributed by atoms with Crippen molar-refractivity contribution in [2.75, 3.05) is 5.32 Å². The molecule has 0 radical (unpaired) electrons. The maximum atomic E-state index is 11.4. The van der Waals surface area contributed by atoms with Gasteiger partial charge in [-0.25, -0.2) is 0 Å². The smallest absolute Gasteiger partial charge is 0.229 e. The van der Waals surface area contributed by atoms with Crippen LogP contribution in [-0.4, -0.2) is 5.91 Å². The zero-order chi connectivity index (χ0) is 10.4. The minimum Gasteiger partial charge on any atom is -0.326 e. The Hall–Kier alpha value is -1.09. The van der Waals surface area contributed by atoms with E-state index in [-0.39, 0.29) is 5.91 Å². The van der Waals surface area contributed by atoms with Crippen LogP contribution < -0.4 is 5.32 Å². The number of carbonyl (C=O) groups is 1. The molecule has 14 heavy (non-hydrogen) atoms. The van der Waals surface area contributed by atoms with E-state index >= 15 is 0 Å². The van der Waals surface area contributed by atoms with Crippen LogP contribution in [0.3, 0.4) is 0 Å². The summed E-state index contributed by atoms with van der Waals surface area (Å²) in [6.45, 7) is 1.89. The van der Waals surface area contributed by atoms with Crippen molar-refractivity contribution < 1.29 is 4.79 Å². The first kappa shape index (κ1) is 11.0. The summed E-state index contributed by atoms with van der Waals surface area (Å²) < 4.78 is 0.894. The molecule has 1 amide bonds. The van der Waals surface area contributed by atoms with Crippen LogP contribution >= 0.6 is 15.9 Å². The molecular weight excluding hydrogens is 242 g/mol. The van der Waals surface area contributed by atoms with E-state index in [1.807, 2.05) is 43.3 Å². The molecule has 1 aromatic carbocycles. The number of halogens is 1. The number of hydrogen-bond donors (Lipinski definition) is 1. The third kappa shape index (κ3) is 3.75. The number of allylic oxidation sites excluding steroid dienone is 1. The number of rotatable bonds is 3. The summed E-state index contributed by atoms with van der Waals surface area (Å²) >= 11 is 3.29. The number of carbonyl (C=O) groups excluding carboxylic acids is 1. The Morgan fingerprint density at radius 1 is 1.43 bits per heavy atom. The fourth-order valence-corrected chi connectivity index (χ4v) is 1.24. The van der Waals surface area contributed by atoms with Gasteiger partial charge in [0.25, 0.3) is 0 Å². The van der Waals surface area contributed by atoms with Gasteiger partial charge in [-0.2, -0.15) is 0 Å². The van der Waals surface area contributed by atoms with Gasteiger partial charge in [0.2, 0.25) is 5.91 Å². The number of nitrogens with one attached hydrogen (secondary N) is 1. The topological polar surface area (TPSA) is 29.1 Å². The third-order valence-electron chi connectivity index (χ3n) is 1.70. The second-order valence-electron chi connectivity index (χ2n) is 2.83. The Kier molecular flexibility index (Phi) is 4.40. The number of benzene rings is 1. The predicted molar refractivity (Wildman–Crippen MR) is 62.4 cm³/mol. The monoisotopic (exact) mass is 253 g/mol. The molecule has 0 aliphatic carbocycles. The summed E-state index contributed by atoms with van der Waals surface area (Å²) in [4.78, 5) is 11.4. The molecule has 0 aromatic heterocycles. The standard InChI is InChI=1S/C11H12BrNO/c1-2-9(12)8-11(14)13-10-6-4-3-5-7-10/h2-7H,8H2,1H3,(H,13,14)/b9-2-. The average Bonchev–Trinajstić information content (AvgIpc) is 2.19. The van der Waals surface area contributed by atoms with E-state index in [0.29, 0.717) is 6.42 Å². The molecule has 74 valence electrons. The Balaban J connectivity index is 2.50. The molecule has 0 saturated carbocycles. The maximum absolute atomic E-state index is 11.4. The first-order valence-electron chi connectivity index (χ1n) is 4.38. The lowest BCUT2D eigenvalue weighted by Gasteiger charge is -2.03. The lowest BCUT2D eigenvalue weighted by atomic mass is 10.3. The van der Waals surface area contributed by atoms with E-state index in [1.54, 1.807) is 0 Å². The van der Waals surface area contributed by atoms with Gasteiger partial charge in [0, 0.05) is 10.2 Å². The number of para-hydroxylation sites is 1. The van der Waals surface area contributed by atoms with E-state index < -0.39 is 0 Å². The molecule has 1 aromatic rings. The van der Waals surface area contributed by atoms with Crippen molar-refractivity contribution in [3.8, 4) is 0 Å². The first-order valence-corrected chi connectivity index (χ1v) is 5.17. The van der Waals surface area contributed by atoms with Crippen molar-refractivity contribution in [1.29, 1.82) is 0 Å². The van der Waals surface area contributed by atoms with E-state index in [9.17, 15) is 4.79 Å². The van der Waals surface area contributed by atoms with Gasteiger partial charge in [-0.05, 0) is 19.1 Å². The molecule has 0 spiro atoms. The molecular formula is C11H12BrNO. The number of anilines is 1. The lowest BCUT2D eigenvalue weighted by Crippen LogP contribution is -2.10. The molecule has 0 bridgehead atoms. The fraction of sp³-hybridized carbons (Fsp3) is 0.182. The lowest BCUT2D eigenvalue weighted by molar-refractivity contribution is -0.115. The zero-order valence-electron chi connectivity index (χ0n) is 7.96. The van der Waals surface area contributed by atoms with Crippen molar-refractivity contribution in [3.63, 3.8) is 0 Å². The zero-order valence-corrected chi connectivity index (χ0v) is 9.54. The van der Waals surface area contributed by atoms with E-state index in [1.165, 1.54) is 0 Å². The molecule has 0 fully saturated rings. The highest BCUT2D eigenvalue weighted by atomic mass is 79.9. The minimum atomic E-state index is -0.0128. The molecule has 3 heteroatoms. The molecule has 0 saturated heterocycles. The van der Waals surface area contributed by atoms with Crippen LogP contribution in [0.1, 0.15) is 13.3 Å². The quantitative estimate of drug-likeness (QED) is 0.880. The highest BCUT2D eigenvalue weighted by Crippen LogP contribution is 2.12. The van der Waals surface area contributed by atoms with Gasteiger partial charge in [-0.15, -0.1) is 0 Å². The van der Waals surface area contributed by atoms with Crippen LogP contribution in [-0.2, 0) is 4.79 Å². The van der Waals surface area contributed by atoms with Crippen molar-refractivity contribution >= 4 is 27.5 Å². The van der Waals surface area contributed by atoms with Crippen LogP contribution in [0, 0.1) is 0 Å². The van der Waals surface area contributed by atoms with Crippen LogP contribution in [0.25, 0.3) is 0 Å². The van der Waals surface area contributed by atoms with Gasteiger partial charge in [-0.3, -0.25) is 4.79 Å². The van der Waals surface area contributed by atoms with Gasteiger partial charge < -0.3 is 5.32 Å². The molecule has 0 unspecified atom stereocenters. The van der Waals surface area contributed by atoms with Crippen LogP contribution in [0.2, 0.25) is 0 Å². The highest BCUT2D eigenvalue weighted by molar-refractivity contribution is 9.11. The van der Waals surface area contributed by atoms with Crippen LogP contribution in [0.4, 0.5) is 5.69 Å². The Bertz CT molecular complexity index is 332. The molecule has 1 N–H and O–H groups in total. The summed E-state index contributed by atoms with van der Waals surface area (Å²) in [5.74, 6) is -0.0128. The molecule has 2 nitrogen and oxygen atoms in total. The Morgan fingerprint density at radius 2 is 2.07 bits per heavy atom. The largest absolute Gasteiger partial charge is 0.326 e. The minimum absolute atomic E-state index is 0.0128. The van der Waals surface area contributed by atoms with E-state index in [4.69, 9.17) is 0 Å². The summed E-state index contributed by atoms with van der Waals surface area (Å²) in [6, 6.07) is 9.42. The first-order chi connectivity index (χ1) is 6.72. The van der Waals surface area contributed by atoms with Crippen LogP contribution in [0.5, 0.6) is 0 Å². The number of hydrogen-bond acceptors (Lipinski definition) is 1. The van der Waals surface area contributed by atoms with Gasteiger partial charge in [0.05, 0.1) is 6.42 Å². The molecule has 0 aliphatic heterocycles. The predicted octanol–water partition coefficient (Wildman–Crippen LogP) is 3.31. The normalized spacial score (nSPS) is 11.1. The van der Waals surface area contributed by atoms with Crippen molar-refractivity contribution in [1.82, 2.24) is 0 Å². The van der Waals surface area contributed by atoms with Crippen LogP contribution in [0.15, 0.2) is 40.9 Å². The van der Waals surface area contributed by atoms with Crippen molar-refractivity contribution in [2.45, 2.75) is 13.3 Å². The van der Waals surface area contributed by atoms with Crippen molar-refractivity contribution in [3.05, 3.63) is 40.9 Å². The number of amides is 1. The second kappa shape index (κ2) is 5.60. The highest BCUT2D eigenvalue weighted by Gasteiger charge is 2.02. The molecule has 0 aliphatic rings. The maximum Gasteiger partial charge on any atom is 0.229 e. The van der Waals surface area contributed by atoms with E-state index in [0.717, 1.165) is 10.2 Å². The second-order valence-corrected chi connectivity index (χ2v) is 3.85. The Labute approximate surface area is 92.1 Å². The third-order valence-corrected chi connectivity index (χ3v) is 2.44. The summed E-state index contributed by atoms with van der Waals surface area (Å²) in [7, 11) is 0. The summed E-state index contributed by atoms with van der Waals surface area (Å²) in [6.07, 6.45) is 2.25. The summed E-state index contributed by atoms with van der Waals surface area (Å²) in [5, 5.41) is 2.80. The molecule has 1 rings (SSSR count). The van der Waals surface area contributed by atoms with Gasteiger partial charge in [0.1, 0.15) is 0 Å². The van der Waals surface area contributed by atoms with Gasteiger partial charge in [0.15, 0.2) is 0 Å². The Morgan fingerprint density at radius 3 is 2.64 bits per heavy atom. The SMILES string of the molecule is C/C=C(\Br)CC(=O)Nc1ccccc1. The molecule has 0 atom stereocenters. The fourth-order valence-electron chi connectivity index (χ4n) is 0.982. The van der Waals surface area contributed by atoms with Gasteiger partial charge in [-0.1, -0.05) is 40.2 Å². The molecule has 0 heterocycles. The van der Waals surface area contributed by atoms with Crippen molar-refractivity contribution in [2.24, 2.45) is 0 Å². The average molecular weight is 254 g/mol.